The highest BCUT2D eigenvalue weighted by atomic mass is 15.1. The second kappa shape index (κ2) is 8.16. The lowest BCUT2D eigenvalue weighted by atomic mass is 9.89. The maximum absolute atomic E-state index is 3.53. The van der Waals surface area contributed by atoms with E-state index in [9.17, 15) is 0 Å². The molecule has 0 spiro atoms. The van der Waals surface area contributed by atoms with Gasteiger partial charge in [0.05, 0.1) is 0 Å². The summed E-state index contributed by atoms with van der Waals surface area (Å²) < 4.78 is 0. The number of rotatable bonds is 6. The fourth-order valence-electron chi connectivity index (χ4n) is 3.02. The lowest BCUT2D eigenvalue weighted by Crippen LogP contribution is -2.37. The predicted molar refractivity (Wildman–Crippen MR) is 81.0 cm³/mol. The largest absolute Gasteiger partial charge is 0.314 e. The summed E-state index contributed by atoms with van der Waals surface area (Å²) in [6, 6.07) is 1.36. The van der Waals surface area contributed by atoms with Gasteiger partial charge < -0.3 is 10.2 Å². The molecule has 1 heterocycles. The van der Waals surface area contributed by atoms with Crippen molar-refractivity contribution in [3.8, 4) is 0 Å². The van der Waals surface area contributed by atoms with Crippen molar-refractivity contribution in [1.29, 1.82) is 0 Å². The molecule has 0 bridgehead atoms. The highest BCUT2D eigenvalue weighted by Gasteiger charge is 2.21. The second-order valence-electron chi connectivity index (χ2n) is 6.72. The van der Waals surface area contributed by atoms with E-state index < -0.39 is 0 Å². The van der Waals surface area contributed by atoms with Gasteiger partial charge in [0.15, 0.2) is 0 Å². The van der Waals surface area contributed by atoms with Gasteiger partial charge in [-0.3, -0.25) is 0 Å². The average molecular weight is 254 g/mol. The Morgan fingerprint density at radius 3 is 2.39 bits per heavy atom. The molecular weight excluding hydrogens is 220 g/mol. The van der Waals surface area contributed by atoms with Crippen LogP contribution in [0.15, 0.2) is 0 Å². The van der Waals surface area contributed by atoms with Crippen LogP contribution in [0.2, 0.25) is 0 Å². The van der Waals surface area contributed by atoms with Crippen LogP contribution in [0, 0.1) is 11.8 Å². The molecule has 1 rings (SSSR count). The van der Waals surface area contributed by atoms with Crippen LogP contribution in [0.5, 0.6) is 0 Å². The van der Waals surface area contributed by atoms with Crippen molar-refractivity contribution < 1.29 is 0 Å². The molecule has 108 valence electrons. The van der Waals surface area contributed by atoms with E-state index in [4.69, 9.17) is 0 Å². The molecule has 2 nitrogen and oxygen atoms in total. The average Bonchev–Trinajstić information content (AvgIpc) is 2.53. The number of nitrogens with zero attached hydrogens (tertiary/aromatic N) is 1. The third-order valence-electron chi connectivity index (χ3n) is 4.49. The van der Waals surface area contributed by atoms with E-state index >= 15 is 0 Å². The molecule has 0 aromatic carbocycles. The number of hydrogen-bond donors (Lipinski definition) is 1. The molecular formula is C16H34N2. The van der Waals surface area contributed by atoms with E-state index in [1.807, 2.05) is 0 Å². The van der Waals surface area contributed by atoms with E-state index in [0.717, 1.165) is 24.4 Å². The SMILES string of the molecule is CC(C)NCCC(C)N1CCCC(C(C)C)CC1. The first-order chi connectivity index (χ1) is 8.50. The summed E-state index contributed by atoms with van der Waals surface area (Å²) in [4.78, 5) is 2.71. The fraction of sp³-hybridized carbons (Fsp3) is 1.00. The summed E-state index contributed by atoms with van der Waals surface area (Å²) in [6.07, 6.45) is 5.51. The molecule has 1 N–H and O–H groups in total. The zero-order valence-corrected chi connectivity index (χ0v) is 13.2. The Bertz CT molecular complexity index is 213. The fourth-order valence-corrected chi connectivity index (χ4v) is 3.02. The quantitative estimate of drug-likeness (QED) is 0.780. The minimum atomic E-state index is 0.617. The molecule has 0 aromatic rings. The maximum Gasteiger partial charge on any atom is 0.00790 e. The van der Waals surface area contributed by atoms with Gasteiger partial charge >= 0.3 is 0 Å². The van der Waals surface area contributed by atoms with Crippen LogP contribution < -0.4 is 5.32 Å². The summed E-state index contributed by atoms with van der Waals surface area (Å²) in [5.74, 6) is 1.82. The summed E-state index contributed by atoms with van der Waals surface area (Å²) in [7, 11) is 0. The van der Waals surface area contributed by atoms with Gasteiger partial charge in [0, 0.05) is 12.1 Å². The van der Waals surface area contributed by atoms with Crippen LogP contribution in [0.3, 0.4) is 0 Å². The molecule has 1 aliphatic rings. The first-order valence-electron chi connectivity index (χ1n) is 7.98. The van der Waals surface area contributed by atoms with Gasteiger partial charge in [0.25, 0.3) is 0 Å². The van der Waals surface area contributed by atoms with E-state index in [2.05, 4.69) is 44.8 Å². The summed E-state index contributed by atoms with van der Waals surface area (Å²) >= 11 is 0. The molecule has 0 amide bonds. The molecule has 0 saturated carbocycles. The van der Waals surface area contributed by atoms with Crippen molar-refractivity contribution in [2.75, 3.05) is 19.6 Å². The normalized spacial score (nSPS) is 24.5. The van der Waals surface area contributed by atoms with Gasteiger partial charge in [-0.1, -0.05) is 27.7 Å². The Hall–Kier alpha value is -0.0800. The van der Waals surface area contributed by atoms with Crippen molar-refractivity contribution in [2.24, 2.45) is 11.8 Å². The van der Waals surface area contributed by atoms with Crippen LogP contribution in [0.25, 0.3) is 0 Å². The van der Waals surface area contributed by atoms with Crippen LogP contribution in [0.4, 0.5) is 0 Å². The summed E-state index contributed by atoms with van der Waals surface area (Å²) in [5, 5.41) is 3.53. The van der Waals surface area contributed by atoms with Crippen molar-refractivity contribution in [3.05, 3.63) is 0 Å². The Morgan fingerprint density at radius 2 is 1.78 bits per heavy atom. The first-order valence-corrected chi connectivity index (χ1v) is 7.98. The molecule has 0 radical (unpaired) electrons. The van der Waals surface area contributed by atoms with Crippen LogP contribution >= 0.6 is 0 Å². The molecule has 2 atom stereocenters. The lowest BCUT2D eigenvalue weighted by molar-refractivity contribution is 0.200. The highest BCUT2D eigenvalue weighted by molar-refractivity contribution is 4.76. The smallest absolute Gasteiger partial charge is 0.00790 e. The summed E-state index contributed by atoms with van der Waals surface area (Å²) in [6.45, 7) is 15.4. The third-order valence-corrected chi connectivity index (χ3v) is 4.49. The third kappa shape index (κ3) is 5.71. The predicted octanol–water partition coefficient (Wildman–Crippen LogP) is 3.52. The minimum Gasteiger partial charge on any atom is -0.314 e. The molecule has 1 fully saturated rings. The van der Waals surface area contributed by atoms with Gasteiger partial charge in [-0.05, 0) is 64.1 Å². The van der Waals surface area contributed by atoms with E-state index in [1.165, 1.54) is 38.8 Å². The Balaban J connectivity index is 2.28. The first kappa shape index (κ1) is 16.0. The van der Waals surface area contributed by atoms with E-state index in [-0.39, 0.29) is 0 Å². The van der Waals surface area contributed by atoms with Crippen molar-refractivity contribution in [3.63, 3.8) is 0 Å². The highest BCUT2D eigenvalue weighted by Crippen LogP contribution is 2.25. The van der Waals surface area contributed by atoms with E-state index in [1.54, 1.807) is 0 Å². The van der Waals surface area contributed by atoms with Crippen molar-refractivity contribution >= 4 is 0 Å². The van der Waals surface area contributed by atoms with Gasteiger partial charge in [-0.25, -0.2) is 0 Å². The lowest BCUT2D eigenvalue weighted by Gasteiger charge is -2.28. The molecule has 0 aliphatic carbocycles. The van der Waals surface area contributed by atoms with Crippen molar-refractivity contribution in [1.82, 2.24) is 10.2 Å². The molecule has 1 saturated heterocycles. The Labute approximate surface area is 115 Å². The summed E-state index contributed by atoms with van der Waals surface area (Å²) in [5.41, 5.74) is 0. The number of hydrogen-bond acceptors (Lipinski definition) is 2. The second-order valence-corrected chi connectivity index (χ2v) is 6.72. The van der Waals surface area contributed by atoms with Gasteiger partial charge in [-0.2, -0.15) is 0 Å². The van der Waals surface area contributed by atoms with Crippen molar-refractivity contribution in [2.45, 2.75) is 72.4 Å². The Kier molecular flexibility index (Phi) is 7.25. The van der Waals surface area contributed by atoms with Gasteiger partial charge in [-0.15, -0.1) is 0 Å². The van der Waals surface area contributed by atoms with Crippen LogP contribution in [-0.4, -0.2) is 36.6 Å². The van der Waals surface area contributed by atoms with Gasteiger partial charge in [0.1, 0.15) is 0 Å². The molecule has 2 heteroatoms. The maximum atomic E-state index is 3.53. The van der Waals surface area contributed by atoms with Crippen LogP contribution in [0.1, 0.15) is 60.3 Å². The zero-order valence-electron chi connectivity index (χ0n) is 13.2. The van der Waals surface area contributed by atoms with Gasteiger partial charge in [0.2, 0.25) is 0 Å². The molecule has 18 heavy (non-hydrogen) atoms. The van der Waals surface area contributed by atoms with E-state index in [0.29, 0.717) is 6.04 Å². The number of nitrogens with one attached hydrogen (secondary N) is 1. The standard InChI is InChI=1S/C16H34N2/c1-13(2)16-7-6-11-18(12-9-16)15(5)8-10-17-14(3)4/h13-17H,6-12H2,1-5H3. The topological polar surface area (TPSA) is 15.3 Å². The minimum absolute atomic E-state index is 0.617. The van der Waals surface area contributed by atoms with Crippen LogP contribution in [-0.2, 0) is 0 Å². The number of likely N-dealkylation sites (tertiary alicyclic amines) is 1. The Morgan fingerprint density at radius 1 is 1.06 bits per heavy atom. The molecule has 1 aliphatic heterocycles. The molecule has 2 unspecified atom stereocenters. The molecule has 0 aromatic heterocycles. The zero-order chi connectivity index (χ0) is 13.5. The monoisotopic (exact) mass is 254 g/mol.